The molecule has 0 radical (unpaired) electrons. The van der Waals surface area contributed by atoms with Crippen LogP contribution in [0.5, 0.6) is 11.5 Å². The van der Waals surface area contributed by atoms with Crippen molar-refractivity contribution in [1.29, 1.82) is 0 Å². The SMILES string of the molecule is CCCCCOc1ccc(/C=C/C(=O)Nc2nncs2)cc1OC. The molecule has 0 unspecified atom stereocenters. The number of unbranched alkanes of at least 4 members (excludes halogenated alkanes) is 2. The van der Waals surface area contributed by atoms with Crippen LogP contribution < -0.4 is 14.8 Å². The van der Waals surface area contributed by atoms with Crippen LogP contribution in [-0.4, -0.2) is 29.8 Å². The summed E-state index contributed by atoms with van der Waals surface area (Å²) in [7, 11) is 1.60. The number of carbonyl (C=O) groups is 1. The first-order chi connectivity index (χ1) is 11.7. The number of hydrogen-bond acceptors (Lipinski definition) is 6. The number of amides is 1. The lowest BCUT2D eigenvalue weighted by atomic mass is 10.2. The van der Waals surface area contributed by atoms with Crippen LogP contribution in [0, 0.1) is 0 Å². The normalized spacial score (nSPS) is 10.8. The molecule has 0 aliphatic heterocycles. The Kier molecular flexibility index (Phi) is 7.22. The van der Waals surface area contributed by atoms with Crippen molar-refractivity contribution >= 4 is 28.5 Å². The number of nitrogens with one attached hydrogen (secondary N) is 1. The Balaban J connectivity index is 1.95. The molecule has 0 bridgehead atoms. The van der Waals surface area contributed by atoms with Gasteiger partial charge in [0.05, 0.1) is 13.7 Å². The van der Waals surface area contributed by atoms with Gasteiger partial charge < -0.3 is 9.47 Å². The molecule has 0 spiro atoms. The fourth-order valence-electron chi connectivity index (χ4n) is 1.99. The zero-order valence-corrected chi connectivity index (χ0v) is 14.6. The van der Waals surface area contributed by atoms with Crippen LogP contribution in [0.1, 0.15) is 31.7 Å². The van der Waals surface area contributed by atoms with E-state index in [9.17, 15) is 4.79 Å². The fraction of sp³-hybridized carbons (Fsp3) is 0.353. The van der Waals surface area contributed by atoms with Crippen molar-refractivity contribution in [2.24, 2.45) is 0 Å². The third-order valence-electron chi connectivity index (χ3n) is 3.21. The molecule has 0 aliphatic carbocycles. The van der Waals surface area contributed by atoms with Crippen molar-refractivity contribution in [2.75, 3.05) is 19.0 Å². The van der Waals surface area contributed by atoms with E-state index in [0.717, 1.165) is 24.8 Å². The molecule has 0 aliphatic rings. The highest BCUT2D eigenvalue weighted by Crippen LogP contribution is 2.28. The van der Waals surface area contributed by atoms with Crippen LogP contribution in [0.15, 0.2) is 29.8 Å². The Labute approximate surface area is 145 Å². The van der Waals surface area contributed by atoms with Crippen LogP contribution in [0.25, 0.3) is 6.08 Å². The number of methoxy groups -OCH3 is 1. The van der Waals surface area contributed by atoms with Crippen LogP contribution in [0.2, 0.25) is 0 Å². The van der Waals surface area contributed by atoms with E-state index in [4.69, 9.17) is 9.47 Å². The predicted molar refractivity (Wildman–Crippen MR) is 95.6 cm³/mol. The van der Waals surface area contributed by atoms with Gasteiger partial charge in [-0.2, -0.15) is 0 Å². The number of rotatable bonds is 9. The number of hydrogen-bond donors (Lipinski definition) is 1. The van der Waals surface area contributed by atoms with E-state index in [-0.39, 0.29) is 5.91 Å². The van der Waals surface area contributed by atoms with Gasteiger partial charge in [0.2, 0.25) is 11.0 Å². The molecular weight excluding hydrogens is 326 g/mol. The summed E-state index contributed by atoms with van der Waals surface area (Å²) in [6.07, 6.45) is 6.47. The summed E-state index contributed by atoms with van der Waals surface area (Å²) < 4.78 is 11.1. The van der Waals surface area contributed by atoms with E-state index < -0.39 is 0 Å². The number of aromatic nitrogens is 2. The minimum atomic E-state index is -0.259. The Hall–Kier alpha value is -2.41. The first-order valence-corrected chi connectivity index (χ1v) is 8.67. The second-order valence-electron chi connectivity index (χ2n) is 5.03. The second kappa shape index (κ2) is 9.67. The van der Waals surface area contributed by atoms with Gasteiger partial charge in [0.25, 0.3) is 0 Å². The van der Waals surface area contributed by atoms with Crippen molar-refractivity contribution in [3.63, 3.8) is 0 Å². The molecule has 128 valence electrons. The predicted octanol–water partition coefficient (Wildman–Crippen LogP) is 3.77. The maximum Gasteiger partial charge on any atom is 0.250 e. The summed E-state index contributed by atoms with van der Waals surface area (Å²) in [6, 6.07) is 5.57. The average molecular weight is 347 g/mol. The quantitative estimate of drug-likeness (QED) is 0.552. The van der Waals surface area contributed by atoms with Crippen LogP contribution in [0.4, 0.5) is 5.13 Å². The van der Waals surface area contributed by atoms with Gasteiger partial charge in [-0.3, -0.25) is 10.1 Å². The number of carbonyl (C=O) groups excluding carboxylic acids is 1. The molecule has 1 heterocycles. The molecule has 1 aromatic carbocycles. The van der Waals surface area contributed by atoms with E-state index in [1.807, 2.05) is 18.2 Å². The maximum absolute atomic E-state index is 11.8. The Bertz CT molecular complexity index is 672. The van der Waals surface area contributed by atoms with E-state index in [0.29, 0.717) is 23.2 Å². The topological polar surface area (TPSA) is 73.3 Å². The summed E-state index contributed by atoms with van der Waals surface area (Å²) in [5, 5.41) is 10.5. The lowest BCUT2D eigenvalue weighted by Gasteiger charge is -2.11. The number of nitrogens with zero attached hydrogens (tertiary/aromatic N) is 2. The van der Waals surface area contributed by atoms with Gasteiger partial charge in [-0.15, -0.1) is 10.2 Å². The van der Waals surface area contributed by atoms with Gasteiger partial charge in [-0.05, 0) is 30.2 Å². The standard InChI is InChI=1S/C17H21N3O3S/c1-3-4-5-10-23-14-8-6-13(11-15(14)22-2)7-9-16(21)19-17-20-18-12-24-17/h6-9,11-12H,3-5,10H2,1-2H3,(H,19,20,21)/b9-7+. The Morgan fingerprint density at radius 3 is 2.92 bits per heavy atom. The van der Waals surface area contributed by atoms with Crippen molar-refractivity contribution in [2.45, 2.75) is 26.2 Å². The first kappa shape index (κ1) is 17.9. The molecule has 1 aromatic heterocycles. The Morgan fingerprint density at radius 1 is 1.33 bits per heavy atom. The third-order valence-corrected chi connectivity index (χ3v) is 3.82. The van der Waals surface area contributed by atoms with Gasteiger partial charge in [0.1, 0.15) is 5.51 Å². The van der Waals surface area contributed by atoms with Crippen LogP contribution >= 0.6 is 11.3 Å². The molecule has 24 heavy (non-hydrogen) atoms. The van der Waals surface area contributed by atoms with Crippen molar-refractivity contribution in [3.05, 3.63) is 35.3 Å². The molecule has 0 fully saturated rings. The number of benzene rings is 1. The summed E-state index contributed by atoms with van der Waals surface area (Å²) in [4.78, 5) is 11.8. The third kappa shape index (κ3) is 5.66. The van der Waals surface area contributed by atoms with E-state index >= 15 is 0 Å². The van der Waals surface area contributed by atoms with Gasteiger partial charge >= 0.3 is 0 Å². The van der Waals surface area contributed by atoms with Crippen molar-refractivity contribution in [1.82, 2.24) is 10.2 Å². The van der Waals surface area contributed by atoms with Crippen molar-refractivity contribution < 1.29 is 14.3 Å². The first-order valence-electron chi connectivity index (χ1n) is 7.79. The van der Waals surface area contributed by atoms with Crippen LogP contribution in [-0.2, 0) is 4.79 Å². The Morgan fingerprint density at radius 2 is 2.21 bits per heavy atom. The van der Waals surface area contributed by atoms with Crippen molar-refractivity contribution in [3.8, 4) is 11.5 Å². The molecule has 1 amide bonds. The summed E-state index contributed by atoms with van der Waals surface area (Å²) in [5.74, 6) is 1.10. The molecular formula is C17H21N3O3S. The molecule has 2 aromatic rings. The molecule has 0 saturated carbocycles. The highest BCUT2D eigenvalue weighted by molar-refractivity contribution is 7.13. The fourth-order valence-corrected chi connectivity index (χ4v) is 2.44. The van der Waals surface area contributed by atoms with Gasteiger partial charge in [-0.1, -0.05) is 37.2 Å². The van der Waals surface area contributed by atoms with Gasteiger partial charge in [0.15, 0.2) is 11.5 Å². The van der Waals surface area contributed by atoms with Crippen LogP contribution in [0.3, 0.4) is 0 Å². The zero-order chi connectivity index (χ0) is 17.2. The number of ether oxygens (including phenoxy) is 2. The molecule has 0 saturated heterocycles. The number of anilines is 1. The maximum atomic E-state index is 11.8. The lowest BCUT2D eigenvalue weighted by Crippen LogP contribution is -2.07. The lowest BCUT2D eigenvalue weighted by molar-refractivity contribution is -0.111. The van der Waals surface area contributed by atoms with E-state index in [1.54, 1.807) is 18.7 Å². The summed E-state index contributed by atoms with van der Waals surface area (Å²) >= 11 is 1.27. The molecule has 6 nitrogen and oxygen atoms in total. The monoisotopic (exact) mass is 347 g/mol. The molecule has 2 rings (SSSR count). The minimum absolute atomic E-state index is 0.259. The molecule has 0 atom stereocenters. The van der Waals surface area contributed by atoms with E-state index in [2.05, 4.69) is 22.4 Å². The largest absolute Gasteiger partial charge is 0.493 e. The highest BCUT2D eigenvalue weighted by Gasteiger charge is 2.05. The van der Waals surface area contributed by atoms with E-state index in [1.165, 1.54) is 17.4 Å². The summed E-state index contributed by atoms with van der Waals surface area (Å²) in [5.41, 5.74) is 2.41. The summed E-state index contributed by atoms with van der Waals surface area (Å²) in [6.45, 7) is 2.83. The van der Waals surface area contributed by atoms with Gasteiger partial charge in [-0.25, -0.2) is 0 Å². The second-order valence-corrected chi connectivity index (χ2v) is 5.87. The average Bonchev–Trinajstić information content (AvgIpc) is 3.10. The smallest absolute Gasteiger partial charge is 0.250 e. The molecule has 1 N–H and O–H groups in total. The van der Waals surface area contributed by atoms with Gasteiger partial charge in [0, 0.05) is 6.08 Å². The minimum Gasteiger partial charge on any atom is -0.493 e. The zero-order valence-electron chi connectivity index (χ0n) is 13.8. The highest BCUT2D eigenvalue weighted by atomic mass is 32.1. The molecule has 7 heteroatoms.